The Morgan fingerprint density at radius 3 is 2.11 bits per heavy atom. The first-order valence-electron chi connectivity index (χ1n) is 5.76. The van der Waals surface area contributed by atoms with E-state index in [9.17, 15) is 13.2 Å². The summed E-state index contributed by atoms with van der Waals surface area (Å²) in [7, 11) is 0. The van der Waals surface area contributed by atoms with E-state index in [0.717, 1.165) is 13.1 Å². The van der Waals surface area contributed by atoms with E-state index in [1.54, 1.807) is 0 Å². The average Bonchev–Trinajstić information content (AvgIpc) is 2.27. The molecule has 2 atom stereocenters. The first kappa shape index (κ1) is 13.1. The second kappa shape index (κ2) is 4.72. The molecule has 0 bridgehead atoms. The molecule has 18 heavy (non-hydrogen) atoms. The molecule has 100 valence electrons. The molecule has 1 aliphatic rings. The summed E-state index contributed by atoms with van der Waals surface area (Å²) in [4.78, 5) is 8.75. The standard InChI is InChI=1S/C11H15F3N4/c1-7-5-18(6-8(2)17-7)9-3-15-10(16-4-9)11(12,13)14/h3-4,7-8,17H,5-6H2,1-2H3. The average molecular weight is 260 g/mol. The zero-order valence-electron chi connectivity index (χ0n) is 10.2. The molecule has 1 saturated heterocycles. The van der Waals surface area contributed by atoms with E-state index in [1.165, 1.54) is 12.4 Å². The van der Waals surface area contributed by atoms with Gasteiger partial charge >= 0.3 is 6.18 Å². The van der Waals surface area contributed by atoms with Gasteiger partial charge in [0.2, 0.25) is 5.82 Å². The topological polar surface area (TPSA) is 41.1 Å². The van der Waals surface area contributed by atoms with Crippen LogP contribution in [0.2, 0.25) is 0 Å². The molecule has 1 aliphatic heterocycles. The Bertz CT molecular complexity index is 394. The van der Waals surface area contributed by atoms with Gasteiger partial charge in [-0.2, -0.15) is 13.2 Å². The molecule has 1 N–H and O–H groups in total. The Morgan fingerprint density at radius 1 is 1.17 bits per heavy atom. The van der Waals surface area contributed by atoms with Crippen LogP contribution in [0.3, 0.4) is 0 Å². The molecular weight excluding hydrogens is 245 g/mol. The van der Waals surface area contributed by atoms with E-state index in [4.69, 9.17) is 0 Å². The molecule has 2 heterocycles. The van der Waals surface area contributed by atoms with Crippen molar-refractivity contribution in [3.05, 3.63) is 18.2 Å². The highest BCUT2D eigenvalue weighted by molar-refractivity contribution is 5.43. The van der Waals surface area contributed by atoms with E-state index in [1.807, 2.05) is 18.7 Å². The quantitative estimate of drug-likeness (QED) is 0.834. The molecule has 0 aromatic carbocycles. The van der Waals surface area contributed by atoms with Crippen LogP contribution in [0.25, 0.3) is 0 Å². The lowest BCUT2D eigenvalue weighted by molar-refractivity contribution is -0.144. The van der Waals surface area contributed by atoms with Gasteiger partial charge in [-0.1, -0.05) is 0 Å². The van der Waals surface area contributed by atoms with E-state index in [-0.39, 0.29) is 12.1 Å². The Kier molecular flexibility index (Phi) is 3.43. The number of hydrogen-bond donors (Lipinski definition) is 1. The third-order valence-electron chi connectivity index (χ3n) is 2.81. The molecule has 0 spiro atoms. The number of nitrogens with one attached hydrogen (secondary N) is 1. The summed E-state index contributed by atoms with van der Waals surface area (Å²) in [5, 5.41) is 3.35. The molecule has 7 heteroatoms. The predicted octanol–water partition coefficient (Wildman–Crippen LogP) is 1.68. The Morgan fingerprint density at radius 2 is 1.67 bits per heavy atom. The number of rotatable bonds is 1. The number of alkyl halides is 3. The first-order chi connectivity index (χ1) is 8.36. The lowest BCUT2D eigenvalue weighted by Gasteiger charge is -2.37. The van der Waals surface area contributed by atoms with Crippen molar-refractivity contribution in [1.82, 2.24) is 15.3 Å². The van der Waals surface area contributed by atoms with Crippen LogP contribution < -0.4 is 10.2 Å². The molecular formula is C11H15F3N4. The van der Waals surface area contributed by atoms with Gasteiger partial charge in [-0.05, 0) is 13.8 Å². The molecule has 1 aromatic rings. The second-order valence-electron chi connectivity index (χ2n) is 4.64. The summed E-state index contributed by atoms with van der Waals surface area (Å²) in [6.45, 7) is 5.54. The van der Waals surface area contributed by atoms with Crippen LogP contribution in [0.15, 0.2) is 12.4 Å². The van der Waals surface area contributed by atoms with Crippen LogP contribution in [0, 0.1) is 0 Å². The second-order valence-corrected chi connectivity index (χ2v) is 4.64. The minimum Gasteiger partial charge on any atom is -0.366 e. The van der Waals surface area contributed by atoms with Crippen LogP contribution in [0.4, 0.5) is 18.9 Å². The van der Waals surface area contributed by atoms with Gasteiger partial charge in [-0.15, -0.1) is 0 Å². The van der Waals surface area contributed by atoms with Crippen molar-refractivity contribution in [2.75, 3.05) is 18.0 Å². The minimum atomic E-state index is -4.48. The maximum Gasteiger partial charge on any atom is 0.451 e. The number of anilines is 1. The number of halogens is 3. The number of nitrogens with zero attached hydrogens (tertiary/aromatic N) is 3. The molecule has 0 amide bonds. The van der Waals surface area contributed by atoms with Crippen LogP contribution in [0.5, 0.6) is 0 Å². The summed E-state index contributed by atoms with van der Waals surface area (Å²) in [5.41, 5.74) is 0.628. The third kappa shape index (κ3) is 2.90. The molecule has 2 unspecified atom stereocenters. The summed E-state index contributed by atoms with van der Waals surface area (Å²) in [5.74, 6) is -1.09. The van der Waals surface area contributed by atoms with Crippen molar-refractivity contribution in [3.8, 4) is 0 Å². The monoisotopic (exact) mass is 260 g/mol. The van der Waals surface area contributed by atoms with E-state index in [2.05, 4.69) is 15.3 Å². The zero-order valence-corrected chi connectivity index (χ0v) is 10.2. The van der Waals surface area contributed by atoms with Crippen LogP contribution in [-0.4, -0.2) is 35.1 Å². The van der Waals surface area contributed by atoms with Crippen LogP contribution in [0.1, 0.15) is 19.7 Å². The van der Waals surface area contributed by atoms with Gasteiger partial charge in [0.15, 0.2) is 0 Å². The van der Waals surface area contributed by atoms with Crippen molar-refractivity contribution in [3.63, 3.8) is 0 Å². The molecule has 0 aliphatic carbocycles. The SMILES string of the molecule is CC1CN(c2cnc(C(F)(F)F)nc2)CC(C)N1. The number of piperazine rings is 1. The fraction of sp³-hybridized carbons (Fsp3) is 0.636. The van der Waals surface area contributed by atoms with Crippen molar-refractivity contribution in [1.29, 1.82) is 0 Å². The molecule has 4 nitrogen and oxygen atoms in total. The van der Waals surface area contributed by atoms with Crippen molar-refractivity contribution >= 4 is 5.69 Å². The van der Waals surface area contributed by atoms with E-state index >= 15 is 0 Å². The molecule has 1 aromatic heterocycles. The number of aromatic nitrogens is 2. The fourth-order valence-corrected chi connectivity index (χ4v) is 2.17. The van der Waals surface area contributed by atoms with E-state index < -0.39 is 12.0 Å². The smallest absolute Gasteiger partial charge is 0.366 e. The Balaban J connectivity index is 2.14. The van der Waals surface area contributed by atoms with Gasteiger partial charge in [0.05, 0.1) is 18.1 Å². The van der Waals surface area contributed by atoms with Crippen LogP contribution >= 0.6 is 0 Å². The highest BCUT2D eigenvalue weighted by Gasteiger charge is 2.34. The lowest BCUT2D eigenvalue weighted by atomic mass is 10.1. The first-order valence-corrected chi connectivity index (χ1v) is 5.76. The summed E-state index contributed by atoms with van der Waals surface area (Å²) < 4.78 is 37.0. The van der Waals surface area contributed by atoms with Crippen LogP contribution in [-0.2, 0) is 6.18 Å². The zero-order chi connectivity index (χ0) is 13.3. The van der Waals surface area contributed by atoms with Gasteiger partial charge < -0.3 is 10.2 Å². The van der Waals surface area contributed by atoms with Gasteiger partial charge in [0, 0.05) is 25.2 Å². The van der Waals surface area contributed by atoms with Gasteiger partial charge in [-0.3, -0.25) is 0 Å². The predicted molar refractivity (Wildman–Crippen MR) is 61.3 cm³/mol. The van der Waals surface area contributed by atoms with Crippen molar-refractivity contribution in [2.45, 2.75) is 32.1 Å². The van der Waals surface area contributed by atoms with Crippen molar-refractivity contribution in [2.24, 2.45) is 0 Å². The third-order valence-corrected chi connectivity index (χ3v) is 2.81. The fourth-order valence-electron chi connectivity index (χ4n) is 2.17. The largest absolute Gasteiger partial charge is 0.451 e. The Hall–Kier alpha value is -1.37. The van der Waals surface area contributed by atoms with E-state index in [0.29, 0.717) is 5.69 Å². The minimum absolute atomic E-state index is 0.288. The summed E-state index contributed by atoms with van der Waals surface area (Å²) in [6, 6.07) is 0.576. The molecule has 2 rings (SSSR count). The highest BCUT2D eigenvalue weighted by atomic mass is 19.4. The maximum absolute atomic E-state index is 12.3. The normalized spacial score (nSPS) is 25.3. The Labute approximate surface area is 103 Å². The van der Waals surface area contributed by atoms with Gasteiger partial charge in [0.1, 0.15) is 0 Å². The van der Waals surface area contributed by atoms with Gasteiger partial charge in [-0.25, -0.2) is 9.97 Å². The molecule has 0 radical (unpaired) electrons. The summed E-state index contributed by atoms with van der Waals surface area (Å²) >= 11 is 0. The lowest BCUT2D eigenvalue weighted by Crippen LogP contribution is -2.54. The molecule has 0 saturated carbocycles. The highest BCUT2D eigenvalue weighted by Crippen LogP contribution is 2.26. The molecule has 1 fully saturated rings. The summed E-state index contributed by atoms with van der Waals surface area (Å²) in [6.07, 6.45) is -2.01. The number of hydrogen-bond acceptors (Lipinski definition) is 4. The maximum atomic E-state index is 12.3. The van der Waals surface area contributed by atoms with Gasteiger partial charge in [0.25, 0.3) is 0 Å². The van der Waals surface area contributed by atoms with Crippen molar-refractivity contribution < 1.29 is 13.2 Å².